The molecule has 13 heavy (non-hydrogen) atoms. The van der Waals surface area contributed by atoms with Crippen LogP contribution in [0.15, 0.2) is 11.6 Å². The summed E-state index contributed by atoms with van der Waals surface area (Å²) in [6.45, 7) is 5.65. The first-order valence-electron chi connectivity index (χ1n) is 4.77. The van der Waals surface area contributed by atoms with Crippen LogP contribution in [0.2, 0.25) is 0 Å². The first-order chi connectivity index (χ1) is 6.15. The van der Waals surface area contributed by atoms with Crippen molar-refractivity contribution in [3.63, 3.8) is 0 Å². The molecule has 1 unspecified atom stereocenters. The molecule has 0 aromatic rings. The summed E-state index contributed by atoms with van der Waals surface area (Å²) in [5.41, 5.74) is 1.39. The Kier molecular flexibility index (Phi) is 3.48. The molecule has 0 saturated heterocycles. The third kappa shape index (κ3) is 2.56. The molecule has 0 fully saturated rings. The Bertz CT molecular complexity index is 223. The number of carbonyl (C=O) groups excluding carboxylic acids is 1. The fourth-order valence-electron chi connectivity index (χ4n) is 1.37. The van der Waals surface area contributed by atoms with E-state index in [2.05, 4.69) is 18.3 Å². The lowest BCUT2D eigenvalue weighted by atomic mass is 10.1. The third-order valence-corrected chi connectivity index (χ3v) is 2.55. The molecule has 3 nitrogen and oxygen atoms in total. The van der Waals surface area contributed by atoms with E-state index < -0.39 is 0 Å². The molecule has 1 aliphatic heterocycles. The number of hydrogen-bond acceptors (Lipinski definition) is 2. The van der Waals surface area contributed by atoms with Crippen molar-refractivity contribution >= 4 is 5.91 Å². The minimum Gasteiger partial charge on any atom is -0.337 e. The molecule has 3 heteroatoms. The quantitative estimate of drug-likeness (QED) is 0.640. The first kappa shape index (κ1) is 10.3. The van der Waals surface area contributed by atoms with Crippen molar-refractivity contribution < 1.29 is 4.79 Å². The van der Waals surface area contributed by atoms with Crippen molar-refractivity contribution in [3.05, 3.63) is 11.6 Å². The maximum atomic E-state index is 11.7. The zero-order valence-electron chi connectivity index (χ0n) is 8.63. The molecule has 1 heterocycles. The van der Waals surface area contributed by atoms with Gasteiger partial charge >= 0.3 is 0 Å². The molecule has 0 spiro atoms. The predicted octanol–water partition coefficient (Wildman–Crippen LogP) is 0.773. The van der Waals surface area contributed by atoms with Crippen molar-refractivity contribution in [2.45, 2.75) is 26.3 Å². The summed E-state index contributed by atoms with van der Waals surface area (Å²) in [6.07, 6.45) is 3.14. The second-order valence-corrected chi connectivity index (χ2v) is 3.60. The van der Waals surface area contributed by atoms with Crippen molar-refractivity contribution in [2.75, 3.05) is 20.1 Å². The number of nitrogens with zero attached hydrogens (tertiary/aromatic N) is 1. The lowest BCUT2D eigenvalue weighted by molar-refractivity contribution is -0.132. The molecular formula is C10H18N2O. The van der Waals surface area contributed by atoms with Gasteiger partial charge in [0.05, 0.1) is 6.04 Å². The van der Waals surface area contributed by atoms with E-state index in [9.17, 15) is 4.79 Å². The maximum absolute atomic E-state index is 11.7. The van der Waals surface area contributed by atoms with Gasteiger partial charge in [-0.15, -0.1) is 0 Å². The summed E-state index contributed by atoms with van der Waals surface area (Å²) in [5.74, 6) is 0.200. The van der Waals surface area contributed by atoms with Crippen molar-refractivity contribution in [1.29, 1.82) is 0 Å². The van der Waals surface area contributed by atoms with E-state index in [1.165, 1.54) is 5.57 Å². The van der Waals surface area contributed by atoms with Crippen LogP contribution in [-0.4, -0.2) is 37.0 Å². The first-order valence-corrected chi connectivity index (χ1v) is 4.77. The molecule has 1 N–H and O–H groups in total. The standard InChI is InChI=1S/C10H18N2O/c1-8-4-6-12(7-5-8)10(13)9(2)11-3/h4,9,11H,5-7H2,1-3H3. The zero-order valence-corrected chi connectivity index (χ0v) is 8.63. The molecule has 0 bridgehead atoms. The molecule has 0 aromatic heterocycles. The predicted molar refractivity (Wildman–Crippen MR) is 53.5 cm³/mol. The van der Waals surface area contributed by atoms with Gasteiger partial charge in [-0.3, -0.25) is 4.79 Å². The lowest BCUT2D eigenvalue weighted by Gasteiger charge is -2.27. The van der Waals surface area contributed by atoms with Crippen LogP contribution in [0.3, 0.4) is 0 Å². The molecule has 1 amide bonds. The van der Waals surface area contributed by atoms with Crippen molar-refractivity contribution in [2.24, 2.45) is 0 Å². The Morgan fingerprint density at radius 3 is 2.85 bits per heavy atom. The highest BCUT2D eigenvalue weighted by atomic mass is 16.2. The van der Waals surface area contributed by atoms with Gasteiger partial charge in [-0.05, 0) is 27.3 Å². The summed E-state index contributed by atoms with van der Waals surface area (Å²) in [5, 5.41) is 2.96. The van der Waals surface area contributed by atoms with Crippen molar-refractivity contribution in [3.8, 4) is 0 Å². The topological polar surface area (TPSA) is 32.3 Å². The zero-order chi connectivity index (χ0) is 9.84. The van der Waals surface area contributed by atoms with E-state index in [0.29, 0.717) is 0 Å². The van der Waals surface area contributed by atoms with Crippen LogP contribution in [0.25, 0.3) is 0 Å². The molecule has 0 radical (unpaired) electrons. The van der Waals surface area contributed by atoms with Gasteiger partial charge in [-0.25, -0.2) is 0 Å². The van der Waals surface area contributed by atoms with E-state index in [-0.39, 0.29) is 11.9 Å². The Morgan fingerprint density at radius 1 is 1.69 bits per heavy atom. The van der Waals surface area contributed by atoms with E-state index in [4.69, 9.17) is 0 Å². The molecule has 1 aliphatic rings. The summed E-state index contributed by atoms with van der Waals surface area (Å²) in [6, 6.07) is -0.0631. The molecule has 1 atom stereocenters. The van der Waals surface area contributed by atoms with Crippen LogP contribution >= 0.6 is 0 Å². The van der Waals surface area contributed by atoms with Gasteiger partial charge in [0.25, 0.3) is 0 Å². The molecular weight excluding hydrogens is 164 g/mol. The number of carbonyl (C=O) groups is 1. The van der Waals surface area contributed by atoms with Crippen LogP contribution in [0.5, 0.6) is 0 Å². The van der Waals surface area contributed by atoms with Gasteiger partial charge in [-0.1, -0.05) is 11.6 Å². The molecule has 1 rings (SSSR count). The normalized spacial score (nSPS) is 19.6. The van der Waals surface area contributed by atoms with Crippen LogP contribution in [0.4, 0.5) is 0 Å². The Labute approximate surface area is 79.8 Å². The summed E-state index contributed by atoms with van der Waals surface area (Å²) in [4.78, 5) is 13.6. The number of likely N-dealkylation sites (N-methyl/N-ethyl adjacent to an activating group) is 1. The van der Waals surface area contributed by atoms with Crippen LogP contribution in [0.1, 0.15) is 20.3 Å². The second kappa shape index (κ2) is 4.42. The highest BCUT2D eigenvalue weighted by molar-refractivity contribution is 5.81. The highest BCUT2D eigenvalue weighted by Crippen LogP contribution is 2.10. The summed E-state index contributed by atoms with van der Waals surface area (Å²) in [7, 11) is 1.81. The number of hydrogen-bond donors (Lipinski definition) is 1. The van der Waals surface area contributed by atoms with Gasteiger partial charge in [0.15, 0.2) is 0 Å². The van der Waals surface area contributed by atoms with Crippen molar-refractivity contribution in [1.82, 2.24) is 10.2 Å². The Morgan fingerprint density at radius 2 is 2.38 bits per heavy atom. The van der Waals surface area contributed by atoms with Gasteiger partial charge in [-0.2, -0.15) is 0 Å². The van der Waals surface area contributed by atoms with E-state index >= 15 is 0 Å². The molecule has 0 aliphatic carbocycles. The van der Waals surface area contributed by atoms with Crippen LogP contribution < -0.4 is 5.32 Å². The largest absolute Gasteiger partial charge is 0.337 e. The highest BCUT2D eigenvalue weighted by Gasteiger charge is 2.19. The minimum atomic E-state index is -0.0631. The number of rotatable bonds is 2. The minimum absolute atomic E-state index is 0.0631. The summed E-state index contributed by atoms with van der Waals surface area (Å²) < 4.78 is 0. The van der Waals surface area contributed by atoms with E-state index in [1.54, 1.807) is 0 Å². The summed E-state index contributed by atoms with van der Waals surface area (Å²) >= 11 is 0. The number of amides is 1. The fraction of sp³-hybridized carbons (Fsp3) is 0.700. The van der Waals surface area contributed by atoms with Crippen LogP contribution in [-0.2, 0) is 4.79 Å². The van der Waals surface area contributed by atoms with Gasteiger partial charge in [0.1, 0.15) is 0 Å². The molecule has 0 saturated carbocycles. The Hall–Kier alpha value is -0.830. The SMILES string of the molecule is CNC(C)C(=O)N1CC=C(C)CC1. The Balaban J connectivity index is 2.50. The van der Waals surface area contributed by atoms with E-state index in [0.717, 1.165) is 19.5 Å². The van der Waals surface area contributed by atoms with Gasteiger partial charge in [0, 0.05) is 13.1 Å². The van der Waals surface area contributed by atoms with Crippen LogP contribution in [0, 0.1) is 0 Å². The fourth-order valence-corrected chi connectivity index (χ4v) is 1.37. The van der Waals surface area contributed by atoms with Gasteiger partial charge in [0.2, 0.25) is 5.91 Å². The van der Waals surface area contributed by atoms with Gasteiger partial charge < -0.3 is 10.2 Å². The van der Waals surface area contributed by atoms with E-state index in [1.807, 2.05) is 18.9 Å². The third-order valence-electron chi connectivity index (χ3n) is 2.55. The maximum Gasteiger partial charge on any atom is 0.239 e. The average molecular weight is 182 g/mol. The monoisotopic (exact) mass is 182 g/mol. The molecule has 74 valence electrons. The number of nitrogens with one attached hydrogen (secondary N) is 1. The second-order valence-electron chi connectivity index (χ2n) is 3.60. The smallest absolute Gasteiger partial charge is 0.239 e. The average Bonchev–Trinajstić information content (AvgIpc) is 2.17. The molecule has 0 aromatic carbocycles. The lowest BCUT2D eigenvalue weighted by Crippen LogP contribution is -2.45.